The van der Waals surface area contributed by atoms with E-state index in [0.717, 1.165) is 42.4 Å². The predicted octanol–water partition coefficient (Wildman–Crippen LogP) is 8.09. The van der Waals surface area contributed by atoms with E-state index in [-0.39, 0.29) is 12.5 Å². The zero-order valence-electron chi connectivity index (χ0n) is 24.3. The van der Waals surface area contributed by atoms with E-state index in [9.17, 15) is 19.5 Å². The summed E-state index contributed by atoms with van der Waals surface area (Å²) in [4.78, 5) is 40.4. The number of allylic oxidation sites excluding steroid dienone is 2. The molecule has 2 aromatic carbocycles. The van der Waals surface area contributed by atoms with Gasteiger partial charge < -0.3 is 5.32 Å². The molecule has 0 heterocycles. The molecule has 2 rings (SSSR count). The summed E-state index contributed by atoms with van der Waals surface area (Å²) in [7, 11) is -4.38. The molecule has 0 aromatic heterocycles. The lowest BCUT2D eigenvalue weighted by Crippen LogP contribution is -2.39. The molecule has 1 atom stereocenters. The van der Waals surface area contributed by atoms with Gasteiger partial charge in [0.25, 0.3) is 0 Å². The summed E-state index contributed by atoms with van der Waals surface area (Å²) in [5.74, 6) is -0.0927. The van der Waals surface area contributed by atoms with Gasteiger partial charge in [0.05, 0.1) is 6.04 Å². The first-order valence-electron chi connectivity index (χ1n) is 15.2. The number of unbranched alkanes of at least 4 members (excludes halogenated alkanes) is 11. The minimum atomic E-state index is -4.38. The highest BCUT2D eigenvalue weighted by Gasteiger charge is 2.34. The van der Waals surface area contributed by atoms with E-state index in [1.165, 1.54) is 57.8 Å². The van der Waals surface area contributed by atoms with Crippen LogP contribution in [-0.4, -0.2) is 33.2 Å². The molecule has 0 bridgehead atoms. The van der Waals surface area contributed by atoms with Crippen molar-refractivity contribution in [2.75, 3.05) is 6.61 Å². The number of rotatable bonds is 22. The second kappa shape index (κ2) is 20.7. The molecule has 0 aliphatic heterocycles. The summed E-state index contributed by atoms with van der Waals surface area (Å²) < 4.78 is 4.85. The van der Waals surface area contributed by atoms with E-state index >= 15 is 0 Å². The van der Waals surface area contributed by atoms with E-state index in [4.69, 9.17) is 4.52 Å². The summed E-state index contributed by atoms with van der Waals surface area (Å²) >= 11 is 0. The molecule has 0 spiro atoms. The van der Waals surface area contributed by atoms with E-state index in [1.807, 2.05) is 54.6 Å². The van der Waals surface area contributed by atoms with Crippen LogP contribution in [0.4, 0.5) is 0 Å². The van der Waals surface area contributed by atoms with Crippen LogP contribution in [0.5, 0.6) is 0 Å². The maximum atomic E-state index is 12.6. The molecule has 0 aliphatic carbocycles. The van der Waals surface area contributed by atoms with Gasteiger partial charge in [0, 0.05) is 6.42 Å². The van der Waals surface area contributed by atoms with Crippen molar-refractivity contribution in [2.24, 2.45) is 0 Å². The second-order valence-electron chi connectivity index (χ2n) is 10.7. The fraction of sp³-hybridized carbons (Fsp3) is 0.545. The van der Waals surface area contributed by atoms with Gasteiger partial charge in [0.2, 0.25) is 5.91 Å². The van der Waals surface area contributed by atoms with E-state index in [1.54, 1.807) is 0 Å². The van der Waals surface area contributed by atoms with Crippen molar-refractivity contribution in [2.45, 2.75) is 109 Å². The number of hydrogen-bond donors (Lipinski definition) is 4. The topological polar surface area (TPSA) is 99.0 Å². The van der Waals surface area contributed by atoms with Crippen molar-refractivity contribution >= 4 is 14.1 Å². The van der Waals surface area contributed by atoms with Crippen molar-refractivity contribution in [1.82, 2.24) is 5.32 Å². The number of amides is 1. The first kappa shape index (κ1) is 34.1. The molecule has 0 unspecified atom stereocenters. The Kier molecular flexibility index (Phi) is 17.7. The van der Waals surface area contributed by atoms with Crippen LogP contribution in [0, 0.1) is 0 Å². The third kappa shape index (κ3) is 16.9. The molecule has 0 saturated heterocycles. The highest BCUT2D eigenvalue weighted by molar-refractivity contribution is 7.53. The van der Waals surface area contributed by atoms with Gasteiger partial charge in [-0.05, 0) is 55.2 Å². The van der Waals surface area contributed by atoms with Crippen molar-refractivity contribution < 1.29 is 24.0 Å². The van der Waals surface area contributed by atoms with Crippen molar-refractivity contribution in [3.05, 3.63) is 72.3 Å². The Hall–Kier alpha value is -2.08. The molecule has 0 radical (unpaired) electrons. The quantitative estimate of drug-likeness (QED) is 0.0649. The smallest absolute Gasteiger partial charge is 0.351 e. The van der Waals surface area contributed by atoms with E-state index in [0.29, 0.717) is 12.8 Å². The second-order valence-corrected chi connectivity index (χ2v) is 12.0. The molecule has 6 nitrogen and oxygen atoms in total. The standard InChI is InChI=1S/C33H50NO5P/c1-2-3-4-5-6-7-8-9-10-11-12-13-14-15-19-22-33(35)34-32(28-39-40(36,37)38)27-29-23-25-31(26-24-29)30-20-17-16-18-21-30/h9-10,16-18,20-21,23-26,32,36-38H,2-8,11-15,19,22,27-28H2,1H3/p+1/b10-9-/t32-/m1/s1. The average molecular weight is 573 g/mol. The predicted molar refractivity (Wildman–Crippen MR) is 166 cm³/mol. The summed E-state index contributed by atoms with van der Waals surface area (Å²) in [6.07, 6.45) is 21.2. The van der Waals surface area contributed by atoms with Crippen molar-refractivity contribution in [1.29, 1.82) is 0 Å². The highest BCUT2D eigenvalue weighted by atomic mass is 31.2. The molecule has 0 fully saturated rings. The fourth-order valence-corrected chi connectivity index (χ4v) is 5.13. The first-order valence-corrected chi connectivity index (χ1v) is 16.7. The van der Waals surface area contributed by atoms with Gasteiger partial charge in [-0.3, -0.25) is 4.79 Å². The summed E-state index contributed by atoms with van der Waals surface area (Å²) in [6, 6.07) is 17.6. The zero-order valence-corrected chi connectivity index (χ0v) is 25.2. The molecule has 1 amide bonds. The number of nitrogens with one attached hydrogen (secondary N) is 1. The number of carbonyl (C=O) groups is 1. The molecular weight excluding hydrogens is 521 g/mol. The van der Waals surface area contributed by atoms with Crippen LogP contribution in [-0.2, 0) is 15.7 Å². The normalized spacial score (nSPS) is 12.6. The average Bonchev–Trinajstić information content (AvgIpc) is 2.94. The van der Waals surface area contributed by atoms with Crippen LogP contribution in [0.1, 0.15) is 102 Å². The van der Waals surface area contributed by atoms with Gasteiger partial charge in [-0.15, -0.1) is 0 Å². The largest absolute Gasteiger partial charge is 0.567 e. The molecule has 7 heteroatoms. The highest BCUT2D eigenvalue weighted by Crippen LogP contribution is 2.45. The summed E-state index contributed by atoms with van der Waals surface area (Å²) in [6.45, 7) is 2.07. The Balaban J connectivity index is 1.64. The van der Waals surface area contributed by atoms with Crippen LogP contribution in [0.2, 0.25) is 0 Å². The Bertz CT molecular complexity index is 944. The van der Waals surface area contributed by atoms with Gasteiger partial charge in [-0.2, -0.15) is 19.2 Å². The Morgan fingerprint density at radius 3 is 1.93 bits per heavy atom. The molecule has 40 heavy (non-hydrogen) atoms. The lowest BCUT2D eigenvalue weighted by atomic mass is 10.0. The van der Waals surface area contributed by atoms with Crippen LogP contribution < -0.4 is 5.32 Å². The molecule has 222 valence electrons. The third-order valence-electron chi connectivity index (χ3n) is 7.02. The van der Waals surface area contributed by atoms with Gasteiger partial charge in [0.1, 0.15) is 6.61 Å². The van der Waals surface area contributed by atoms with Crippen molar-refractivity contribution in [3.63, 3.8) is 0 Å². The third-order valence-corrected chi connectivity index (χ3v) is 7.52. The lowest BCUT2D eigenvalue weighted by Gasteiger charge is -2.18. The Morgan fingerprint density at radius 2 is 1.32 bits per heavy atom. The molecule has 0 aliphatic rings. The SMILES string of the molecule is CCCCCCCC/C=C\CCCCCCCC(=O)N[C@@H](CO[P+](O)(O)O)Cc1ccc(-c2ccccc2)cc1. The number of hydrogen-bond acceptors (Lipinski definition) is 5. The van der Waals surface area contributed by atoms with Gasteiger partial charge in [-0.1, -0.05) is 125 Å². The lowest BCUT2D eigenvalue weighted by molar-refractivity contribution is -0.122. The maximum absolute atomic E-state index is 12.6. The molecular formula is C33H51NO5P+. The van der Waals surface area contributed by atoms with Gasteiger partial charge in [0.15, 0.2) is 0 Å². The van der Waals surface area contributed by atoms with E-state index < -0.39 is 14.2 Å². The van der Waals surface area contributed by atoms with Gasteiger partial charge >= 0.3 is 8.17 Å². The molecule has 4 N–H and O–H groups in total. The Morgan fingerprint density at radius 1 is 0.775 bits per heavy atom. The zero-order chi connectivity index (χ0) is 28.9. The van der Waals surface area contributed by atoms with Gasteiger partial charge in [-0.25, -0.2) is 0 Å². The number of benzene rings is 2. The minimum Gasteiger partial charge on any atom is -0.351 e. The fourth-order valence-electron chi connectivity index (χ4n) is 4.75. The Labute approximate surface area is 242 Å². The van der Waals surface area contributed by atoms with Crippen molar-refractivity contribution in [3.8, 4) is 11.1 Å². The summed E-state index contributed by atoms with van der Waals surface area (Å²) in [5, 5.41) is 2.95. The van der Waals surface area contributed by atoms with Crippen LogP contribution >= 0.6 is 8.17 Å². The first-order chi connectivity index (χ1) is 19.4. The molecule has 2 aromatic rings. The van der Waals surface area contributed by atoms with Crippen LogP contribution in [0.25, 0.3) is 11.1 Å². The molecule has 0 saturated carbocycles. The van der Waals surface area contributed by atoms with Crippen LogP contribution in [0.15, 0.2) is 66.7 Å². The summed E-state index contributed by atoms with van der Waals surface area (Å²) in [5.41, 5.74) is 3.20. The minimum absolute atomic E-state index is 0.0927. The van der Waals surface area contributed by atoms with Crippen LogP contribution in [0.3, 0.4) is 0 Å². The monoisotopic (exact) mass is 572 g/mol. The number of carbonyl (C=O) groups excluding carboxylic acids is 1. The maximum Gasteiger partial charge on any atom is 0.567 e. The van der Waals surface area contributed by atoms with E-state index in [2.05, 4.69) is 24.4 Å².